The summed E-state index contributed by atoms with van der Waals surface area (Å²) in [4.78, 5) is 13.8. The molecule has 0 saturated carbocycles. The second-order valence-corrected chi connectivity index (χ2v) is 6.27. The third-order valence-electron chi connectivity index (χ3n) is 3.10. The van der Waals surface area contributed by atoms with Gasteiger partial charge in [0.1, 0.15) is 0 Å². The van der Waals surface area contributed by atoms with E-state index in [0.29, 0.717) is 16.9 Å². The first kappa shape index (κ1) is 15.2. The Bertz CT molecular complexity index is 778. The van der Waals surface area contributed by atoms with Gasteiger partial charge < -0.3 is 4.90 Å². The van der Waals surface area contributed by atoms with Crippen molar-refractivity contribution in [3.05, 3.63) is 41.7 Å². The summed E-state index contributed by atoms with van der Waals surface area (Å²) in [5.41, 5.74) is 1.70. The summed E-state index contributed by atoms with van der Waals surface area (Å²) in [5.74, 6) is -0.219. The average molecular weight is 308 g/mol. The molecule has 2 rings (SSSR count). The molecule has 1 aromatic heterocycles. The molecule has 1 heterocycles. The summed E-state index contributed by atoms with van der Waals surface area (Å²) in [6.07, 6.45) is 1.65. The van der Waals surface area contributed by atoms with E-state index >= 15 is 0 Å². The molecule has 0 saturated heterocycles. The minimum atomic E-state index is -3.74. The van der Waals surface area contributed by atoms with Crippen LogP contribution in [0.5, 0.6) is 0 Å². The molecule has 0 fully saturated rings. The van der Waals surface area contributed by atoms with Crippen molar-refractivity contribution in [2.75, 3.05) is 11.9 Å². The Labute approximate surface area is 123 Å². The molecular weight excluding hydrogens is 292 g/mol. The minimum Gasteiger partial charge on any atom is -0.311 e. The predicted molar refractivity (Wildman–Crippen MR) is 78.5 cm³/mol. The Balaban J connectivity index is 2.30. The normalized spacial score (nSPS) is 11.4. The number of sulfonamides is 1. The lowest BCUT2D eigenvalue weighted by Crippen LogP contribution is -2.26. The largest absolute Gasteiger partial charge is 0.311 e. The SMILES string of the molecule is Cc1nn(C)cc1C(=O)N(C)c1ccc(S(N)(=O)=O)cc1. The summed E-state index contributed by atoms with van der Waals surface area (Å²) in [5, 5.41) is 9.17. The van der Waals surface area contributed by atoms with Gasteiger partial charge in [-0.05, 0) is 31.2 Å². The van der Waals surface area contributed by atoms with Gasteiger partial charge in [-0.2, -0.15) is 5.10 Å². The molecular formula is C13H16N4O3S. The van der Waals surface area contributed by atoms with E-state index in [1.165, 1.54) is 29.2 Å². The topological polar surface area (TPSA) is 98.3 Å². The molecule has 112 valence electrons. The Morgan fingerprint density at radius 1 is 1.29 bits per heavy atom. The molecule has 1 amide bonds. The lowest BCUT2D eigenvalue weighted by molar-refractivity contribution is 0.0992. The molecule has 1 aromatic carbocycles. The fraction of sp³-hybridized carbons (Fsp3) is 0.231. The maximum Gasteiger partial charge on any atom is 0.261 e. The third-order valence-corrected chi connectivity index (χ3v) is 4.03. The fourth-order valence-corrected chi connectivity index (χ4v) is 2.48. The van der Waals surface area contributed by atoms with E-state index < -0.39 is 10.0 Å². The van der Waals surface area contributed by atoms with Gasteiger partial charge in [0.15, 0.2) is 0 Å². The number of aromatic nitrogens is 2. The molecule has 0 bridgehead atoms. The van der Waals surface area contributed by atoms with E-state index in [2.05, 4.69) is 5.10 Å². The van der Waals surface area contributed by atoms with Crippen molar-refractivity contribution in [1.82, 2.24) is 9.78 Å². The summed E-state index contributed by atoms with van der Waals surface area (Å²) >= 11 is 0. The van der Waals surface area contributed by atoms with Crippen LogP contribution in [-0.2, 0) is 17.1 Å². The van der Waals surface area contributed by atoms with Gasteiger partial charge in [0.25, 0.3) is 5.91 Å². The number of primary sulfonamides is 1. The number of carbonyl (C=O) groups is 1. The Morgan fingerprint density at radius 3 is 2.29 bits per heavy atom. The van der Waals surface area contributed by atoms with Crippen molar-refractivity contribution >= 4 is 21.6 Å². The molecule has 0 aliphatic rings. The number of rotatable bonds is 3. The molecule has 0 aliphatic carbocycles. The maximum absolute atomic E-state index is 12.4. The molecule has 0 spiro atoms. The van der Waals surface area contributed by atoms with E-state index in [1.54, 1.807) is 31.9 Å². The first-order valence-corrected chi connectivity index (χ1v) is 7.66. The Kier molecular flexibility index (Phi) is 3.84. The maximum atomic E-state index is 12.4. The number of benzene rings is 1. The van der Waals surface area contributed by atoms with Crippen molar-refractivity contribution in [2.24, 2.45) is 12.2 Å². The van der Waals surface area contributed by atoms with Crippen LogP contribution in [0.1, 0.15) is 16.1 Å². The first-order valence-electron chi connectivity index (χ1n) is 6.11. The van der Waals surface area contributed by atoms with Gasteiger partial charge in [-0.15, -0.1) is 0 Å². The summed E-state index contributed by atoms with van der Waals surface area (Å²) < 4.78 is 24.0. The van der Waals surface area contributed by atoms with Crippen LogP contribution in [-0.4, -0.2) is 31.2 Å². The number of hydrogen-bond donors (Lipinski definition) is 1. The third kappa shape index (κ3) is 3.11. The van der Waals surface area contributed by atoms with E-state index in [9.17, 15) is 13.2 Å². The molecule has 0 aliphatic heterocycles. The Hall–Kier alpha value is -2.19. The number of aryl methyl sites for hydroxylation is 2. The standard InChI is InChI=1S/C13H16N4O3S/c1-9-12(8-16(2)15-9)13(18)17(3)10-4-6-11(7-5-10)21(14,19)20/h4-8H,1-3H3,(H2,14,19,20). The van der Waals surface area contributed by atoms with Gasteiger partial charge in [0.2, 0.25) is 10.0 Å². The fourth-order valence-electron chi connectivity index (χ4n) is 1.97. The van der Waals surface area contributed by atoms with E-state index in [-0.39, 0.29) is 10.8 Å². The van der Waals surface area contributed by atoms with Gasteiger partial charge >= 0.3 is 0 Å². The average Bonchev–Trinajstić information content (AvgIpc) is 2.75. The zero-order valence-electron chi connectivity index (χ0n) is 11.9. The van der Waals surface area contributed by atoms with Gasteiger partial charge in [0.05, 0.1) is 16.2 Å². The molecule has 2 N–H and O–H groups in total. The minimum absolute atomic E-state index is 0.00431. The van der Waals surface area contributed by atoms with Crippen LogP contribution in [0.4, 0.5) is 5.69 Å². The smallest absolute Gasteiger partial charge is 0.261 e. The number of nitrogens with zero attached hydrogens (tertiary/aromatic N) is 3. The molecule has 7 nitrogen and oxygen atoms in total. The van der Waals surface area contributed by atoms with Gasteiger partial charge in [-0.1, -0.05) is 0 Å². The number of carbonyl (C=O) groups excluding carboxylic acids is 1. The highest BCUT2D eigenvalue weighted by Gasteiger charge is 2.18. The number of anilines is 1. The monoisotopic (exact) mass is 308 g/mol. The zero-order chi connectivity index (χ0) is 15.8. The van der Waals surface area contributed by atoms with Crippen molar-refractivity contribution in [1.29, 1.82) is 0 Å². The van der Waals surface area contributed by atoms with Crippen molar-refractivity contribution in [3.8, 4) is 0 Å². The van der Waals surface area contributed by atoms with Crippen molar-refractivity contribution < 1.29 is 13.2 Å². The lowest BCUT2D eigenvalue weighted by Gasteiger charge is -2.17. The zero-order valence-corrected chi connectivity index (χ0v) is 12.8. The molecule has 21 heavy (non-hydrogen) atoms. The van der Waals surface area contributed by atoms with Crippen LogP contribution < -0.4 is 10.0 Å². The van der Waals surface area contributed by atoms with Crippen molar-refractivity contribution in [3.63, 3.8) is 0 Å². The first-order chi connectivity index (χ1) is 9.70. The molecule has 0 radical (unpaired) electrons. The molecule has 0 unspecified atom stereocenters. The lowest BCUT2D eigenvalue weighted by atomic mass is 10.2. The second-order valence-electron chi connectivity index (χ2n) is 4.70. The highest BCUT2D eigenvalue weighted by molar-refractivity contribution is 7.89. The number of amides is 1. The van der Waals surface area contributed by atoms with Crippen LogP contribution in [0.15, 0.2) is 35.4 Å². The van der Waals surface area contributed by atoms with E-state index in [1.807, 2.05) is 0 Å². The highest BCUT2D eigenvalue weighted by atomic mass is 32.2. The van der Waals surface area contributed by atoms with Crippen LogP contribution in [0, 0.1) is 6.92 Å². The summed E-state index contributed by atoms with van der Waals surface area (Å²) in [7, 11) is -0.385. The van der Waals surface area contributed by atoms with Crippen LogP contribution in [0.25, 0.3) is 0 Å². The van der Waals surface area contributed by atoms with E-state index in [0.717, 1.165) is 0 Å². The summed E-state index contributed by atoms with van der Waals surface area (Å²) in [6, 6.07) is 5.79. The highest BCUT2D eigenvalue weighted by Crippen LogP contribution is 2.19. The van der Waals surface area contributed by atoms with Crippen LogP contribution >= 0.6 is 0 Å². The molecule has 0 atom stereocenters. The van der Waals surface area contributed by atoms with Gasteiger partial charge in [0, 0.05) is 26.0 Å². The van der Waals surface area contributed by atoms with E-state index in [4.69, 9.17) is 5.14 Å². The second kappa shape index (κ2) is 5.30. The van der Waals surface area contributed by atoms with Crippen molar-refractivity contribution in [2.45, 2.75) is 11.8 Å². The number of nitrogens with two attached hydrogens (primary N) is 1. The Morgan fingerprint density at radius 2 is 1.86 bits per heavy atom. The number of hydrogen-bond acceptors (Lipinski definition) is 4. The van der Waals surface area contributed by atoms with Gasteiger partial charge in [-0.3, -0.25) is 9.48 Å². The quantitative estimate of drug-likeness (QED) is 0.900. The van der Waals surface area contributed by atoms with Gasteiger partial charge in [-0.25, -0.2) is 13.6 Å². The van der Waals surface area contributed by atoms with Crippen LogP contribution in [0.2, 0.25) is 0 Å². The predicted octanol–water partition coefficient (Wildman–Crippen LogP) is 0.653. The summed E-state index contributed by atoms with van der Waals surface area (Å²) in [6.45, 7) is 1.76. The molecule has 2 aromatic rings. The van der Waals surface area contributed by atoms with Crippen LogP contribution in [0.3, 0.4) is 0 Å². The molecule has 8 heteroatoms.